The van der Waals surface area contributed by atoms with Crippen molar-refractivity contribution < 1.29 is 13.2 Å². The van der Waals surface area contributed by atoms with E-state index in [-0.39, 0.29) is 11.7 Å². The standard InChI is InChI=1S/C21H27N3O3S/c1-2-3-4-5-6-11-28(26,27)19-9-7-18(8-10-19)24-21(25)17-12-16-13-22-15-20(16)23-14-17/h7-10,12,14,22H,2-6,11,13,15H2,1H3,(H,24,25). The van der Waals surface area contributed by atoms with Gasteiger partial charge >= 0.3 is 0 Å². The minimum atomic E-state index is -3.28. The van der Waals surface area contributed by atoms with Crippen LogP contribution in [0.2, 0.25) is 0 Å². The largest absolute Gasteiger partial charge is 0.322 e. The van der Waals surface area contributed by atoms with Crippen LogP contribution in [-0.4, -0.2) is 25.1 Å². The molecule has 0 saturated carbocycles. The van der Waals surface area contributed by atoms with Crippen LogP contribution in [0, 0.1) is 0 Å². The molecular formula is C21H27N3O3S. The number of pyridine rings is 1. The molecule has 0 unspecified atom stereocenters. The highest BCUT2D eigenvalue weighted by molar-refractivity contribution is 7.91. The van der Waals surface area contributed by atoms with Gasteiger partial charge in [0.2, 0.25) is 0 Å². The van der Waals surface area contributed by atoms with Crippen molar-refractivity contribution in [2.24, 2.45) is 0 Å². The molecule has 7 heteroatoms. The second kappa shape index (κ2) is 9.30. The van der Waals surface area contributed by atoms with Crippen molar-refractivity contribution in [2.75, 3.05) is 11.1 Å². The number of amides is 1. The van der Waals surface area contributed by atoms with Crippen LogP contribution in [0.4, 0.5) is 5.69 Å². The van der Waals surface area contributed by atoms with Crippen molar-refractivity contribution in [1.82, 2.24) is 10.3 Å². The summed E-state index contributed by atoms with van der Waals surface area (Å²) in [7, 11) is -3.28. The van der Waals surface area contributed by atoms with Gasteiger partial charge in [-0.1, -0.05) is 32.6 Å². The lowest BCUT2D eigenvalue weighted by Gasteiger charge is -2.08. The van der Waals surface area contributed by atoms with Crippen LogP contribution in [0.15, 0.2) is 41.4 Å². The SMILES string of the molecule is CCCCCCCS(=O)(=O)c1ccc(NC(=O)c2cnc3c(c2)CNC3)cc1. The second-order valence-electron chi connectivity index (χ2n) is 7.14. The van der Waals surface area contributed by atoms with Crippen molar-refractivity contribution in [3.63, 3.8) is 0 Å². The zero-order valence-electron chi connectivity index (χ0n) is 16.2. The zero-order chi connectivity index (χ0) is 20.0. The number of anilines is 1. The number of nitrogens with zero attached hydrogens (tertiary/aromatic N) is 1. The number of carbonyl (C=O) groups excluding carboxylic acids is 1. The van der Waals surface area contributed by atoms with Crippen LogP contribution in [-0.2, 0) is 22.9 Å². The van der Waals surface area contributed by atoms with E-state index in [9.17, 15) is 13.2 Å². The fourth-order valence-electron chi connectivity index (χ4n) is 3.25. The van der Waals surface area contributed by atoms with E-state index >= 15 is 0 Å². The van der Waals surface area contributed by atoms with E-state index in [4.69, 9.17) is 0 Å². The summed E-state index contributed by atoms with van der Waals surface area (Å²) < 4.78 is 24.9. The number of hydrogen-bond acceptors (Lipinski definition) is 5. The second-order valence-corrected chi connectivity index (χ2v) is 9.25. The molecule has 1 amide bonds. The lowest BCUT2D eigenvalue weighted by atomic mass is 10.1. The van der Waals surface area contributed by atoms with Gasteiger partial charge in [0.25, 0.3) is 5.91 Å². The average molecular weight is 402 g/mol. The molecule has 1 aliphatic heterocycles. The number of carbonyl (C=O) groups is 1. The summed E-state index contributed by atoms with van der Waals surface area (Å²) in [6.07, 6.45) is 6.54. The van der Waals surface area contributed by atoms with E-state index in [1.165, 1.54) is 0 Å². The molecule has 2 aromatic rings. The first-order valence-corrected chi connectivity index (χ1v) is 11.5. The molecule has 0 radical (unpaired) electrons. The molecule has 0 atom stereocenters. The molecule has 0 bridgehead atoms. The third kappa shape index (κ3) is 5.17. The first-order chi connectivity index (χ1) is 13.5. The normalized spacial score (nSPS) is 13.3. The molecule has 0 fully saturated rings. The molecule has 0 spiro atoms. The molecule has 28 heavy (non-hydrogen) atoms. The van der Waals surface area contributed by atoms with Gasteiger partial charge in [0, 0.05) is 25.0 Å². The first-order valence-electron chi connectivity index (χ1n) is 9.82. The number of fused-ring (bicyclic) bond motifs is 1. The van der Waals surface area contributed by atoms with Crippen LogP contribution in [0.5, 0.6) is 0 Å². The van der Waals surface area contributed by atoms with Crippen LogP contribution in [0.1, 0.15) is 60.6 Å². The molecule has 3 rings (SSSR count). The molecule has 1 aromatic heterocycles. The quantitative estimate of drug-likeness (QED) is 0.626. The molecule has 1 aliphatic rings. The summed E-state index contributed by atoms with van der Waals surface area (Å²) in [5.41, 5.74) is 3.06. The predicted octanol–water partition coefficient (Wildman–Crippen LogP) is 3.68. The summed E-state index contributed by atoms with van der Waals surface area (Å²) in [5, 5.41) is 6.00. The molecule has 0 saturated heterocycles. The van der Waals surface area contributed by atoms with Gasteiger partial charge in [-0.2, -0.15) is 0 Å². The van der Waals surface area contributed by atoms with E-state index in [0.29, 0.717) is 29.1 Å². The van der Waals surface area contributed by atoms with Gasteiger partial charge in [-0.25, -0.2) is 8.42 Å². The molecular weight excluding hydrogens is 374 g/mol. The Morgan fingerprint density at radius 2 is 1.86 bits per heavy atom. The number of benzene rings is 1. The minimum absolute atomic E-state index is 0.164. The third-order valence-electron chi connectivity index (χ3n) is 4.92. The third-order valence-corrected chi connectivity index (χ3v) is 6.73. The fraction of sp³-hybridized carbons (Fsp3) is 0.429. The molecule has 1 aromatic carbocycles. The van der Waals surface area contributed by atoms with Crippen molar-refractivity contribution in [2.45, 2.75) is 57.0 Å². The number of nitrogens with one attached hydrogen (secondary N) is 2. The van der Waals surface area contributed by atoms with E-state index in [2.05, 4.69) is 22.5 Å². The zero-order valence-corrected chi connectivity index (χ0v) is 17.0. The monoisotopic (exact) mass is 401 g/mol. The van der Waals surface area contributed by atoms with Crippen molar-refractivity contribution in [1.29, 1.82) is 0 Å². The van der Waals surface area contributed by atoms with Crippen LogP contribution in [0.3, 0.4) is 0 Å². The number of sulfone groups is 1. The van der Waals surface area contributed by atoms with E-state index in [1.54, 1.807) is 30.5 Å². The Labute approximate surface area is 166 Å². The van der Waals surface area contributed by atoms with Crippen molar-refractivity contribution >= 4 is 21.4 Å². The summed E-state index contributed by atoms with van der Waals surface area (Å²) in [6.45, 7) is 3.58. The highest BCUT2D eigenvalue weighted by atomic mass is 32.2. The van der Waals surface area contributed by atoms with Crippen LogP contribution < -0.4 is 10.6 Å². The Morgan fingerprint density at radius 1 is 1.11 bits per heavy atom. The topological polar surface area (TPSA) is 88.2 Å². The minimum Gasteiger partial charge on any atom is -0.322 e. The molecule has 0 aliphatic carbocycles. The maximum absolute atomic E-state index is 12.4. The van der Waals surface area contributed by atoms with Gasteiger partial charge in [0.05, 0.1) is 21.9 Å². The van der Waals surface area contributed by atoms with Gasteiger partial charge in [-0.3, -0.25) is 9.78 Å². The summed E-state index contributed by atoms with van der Waals surface area (Å²) in [4.78, 5) is 17.0. The predicted molar refractivity (Wildman–Crippen MR) is 110 cm³/mol. The Hall–Kier alpha value is -2.25. The summed E-state index contributed by atoms with van der Waals surface area (Å²) in [5.74, 6) is -0.0919. The summed E-state index contributed by atoms with van der Waals surface area (Å²) >= 11 is 0. The highest BCUT2D eigenvalue weighted by Gasteiger charge is 2.16. The van der Waals surface area contributed by atoms with E-state index < -0.39 is 9.84 Å². The van der Waals surface area contributed by atoms with Gasteiger partial charge in [0.15, 0.2) is 9.84 Å². The van der Waals surface area contributed by atoms with E-state index in [0.717, 1.165) is 43.5 Å². The Bertz CT molecular complexity index is 924. The summed E-state index contributed by atoms with van der Waals surface area (Å²) in [6, 6.07) is 8.22. The van der Waals surface area contributed by atoms with Gasteiger partial charge in [-0.05, 0) is 42.3 Å². The molecule has 150 valence electrons. The van der Waals surface area contributed by atoms with Crippen molar-refractivity contribution in [3.8, 4) is 0 Å². The Morgan fingerprint density at radius 3 is 2.61 bits per heavy atom. The first kappa shape index (κ1) is 20.5. The van der Waals surface area contributed by atoms with Crippen molar-refractivity contribution in [3.05, 3.63) is 53.3 Å². The van der Waals surface area contributed by atoms with Gasteiger partial charge in [0.1, 0.15) is 0 Å². The Balaban J connectivity index is 1.58. The molecule has 6 nitrogen and oxygen atoms in total. The number of aromatic nitrogens is 1. The fourth-order valence-corrected chi connectivity index (χ4v) is 4.62. The van der Waals surface area contributed by atoms with E-state index in [1.807, 2.05) is 6.07 Å². The van der Waals surface area contributed by atoms with Crippen LogP contribution >= 0.6 is 0 Å². The molecule has 2 N–H and O–H groups in total. The number of hydrogen-bond donors (Lipinski definition) is 2. The lowest BCUT2D eigenvalue weighted by molar-refractivity contribution is 0.102. The smallest absolute Gasteiger partial charge is 0.257 e. The molecule has 2 heterocycles. The number of unbranched alkanes of at least 4 members (excludes halogenated alkanes) is 4. The Kier molecular flexibility index (Phi) is 6.80. The maximum atomic E-state index is 12.4. The van der Waals surface area contributed by atoms with Crippen LogP contribution in [0.25, 0.3) is 0 Å². The average Bonchev–Trinajstić information content (AvgIpc) is 3.16. The van der Waals surface area contributed by atoms with Gasteiger partial charge < -0.3 is 10.6 Å². The number of rotatable bonds is 9. The van der Waals surface area contributed by atoms with Gasteiger partial charge in [-0.15, -0.1) is 0 Å². The lowest BCUT2D eigenvalue weighted by Crippen LogP contribution is -2.13. The highest BCUT2D eigenvalue weighted by Crippen LogP contribution is 2.19. The maximum Gasteiger partial charge on any atom is 0.257 e.